The third kappa shape index (κ3) is 3.21. The molecule has 1 fully saturated rings. The van der Waals surface area contributed by atoms with Crippen LogP contribution in [0.15, 0.2) is 0 Å². The summed E-state index contributed by atoms with van der Waals surface area (Å²) in [5.41, 5.74) is 0.416. The Labute approximate surface area is 65.2 Å². The van der Waals surface area contributed by atoms with Crippen LogP contribution in [-0.2, 0) is 0 Å². The summed E-state index contributed by atoms with van der Waals surface area (Å²) >= 11 is 0. The lowest BCUT2D eigenvalue weighted by atomic mass is 9.99. The smallest absolute Gasteiger partial charge is 0.0128 e. The van der Waals surface area contributed by atoms with E-state index in [9.17, 15) is 0 Å². The molecule has 1 heterocycles. The molecular weight excluding hydrogens is 122 g/mol. The van der Waals surface area contributed by atoms with Gasteiger partial charge < -0.3 is 5.32 Å². The predicted molar refractivity (Wildman–Crippen MR) is 47.2 cm³/mol. The van der Waals surface area contributed by atoms with E-state index in [1.54, 1.807) is 0 Å². The van der Waals surface area contributed by atoms with Crippen LogP contribution >= 0.6 is 0 Å². The molecule has 1 aliphatic heterocycles. The van der Waals surface area contributed by atoms with Gasteiger partial charge in [-0.2, -0.15) is 0 Å². The molecule has 1 aliphatic rings. The highest BCUT2D eigenvalue weighted by molar-refractivity contribution is 4.86. The molecule has 62 valence electrons. The first-order valence-corrected chi connectivity index (χ1v) is 4.35. The van der Waals surface area contributed by atoms with Gasteiger partial charge in [-0.15, -0.1) is 0 Å². The van der Waals surface area contributed by atoms with Gasteiger partial charge >= 0.3 is 0 Å². The minimum absolute atomic E-state index is 0.416. The van der Waals surface area contributed by atoms with E-state index in [0.29, 0.717) is 5.54 Å². The molecule has 1 unspecified atom stereocenters. The van der Waals surface area contributed by atoms with Crippen LogP contribution in [0, 0.1) is 5.92 Å². The lowest BCUT2D eigenvalue weighted by Crippen LogP contribution is -2.31. The second-order valence-electron chi connectivity index (χ2n) is 3.57. The van der Waals surface area contributed by atoms with Gasteiger partial charge in [-0.3, -0.25) is 0 Å². The summed E-state index contributed by atoms with van der Waals surface area (Å²) in [6.45, 7) is 12.0. The Bertz CT molecular complexity index is 86.7. The lowest BCUT2D eigenvalue weighted by Gasteiger charge is -2.16. The topological polar surface area (TPSA) is 12.0 Å². The second kappa shape index (κ2) is 3.97. The lowest BCUT2D eigenvalue weighted by molar-refractivity contribution is 0.448. The Morgan fingerprint density at radius 3 is 1.90 bits per heavy atom. The predicted octanol–water partition coefficient (Wildman–Crippen LogP) is 2.42. The van der Waals surface area contributed by atoms with E-state index in [1.165, 1.54) is 13.0 Å². The van der Waals surface area contributed by atoms with E-state index in [-0.39, 0.29) is 0 Å². The number of nitrogens with one attached hydrogen (secondary N) is 1. The molecule has 0 saturated carbocycles. The zero-order valence-corrected chi connectivity index (χ0v) is 7.99. The van der Waals surface area contributed by atoms with Crippen LogP contribution in [0.2, 0.25) is 0 Å². The molecule has 0 radical (unpaired) electrons. The summed E-state index contributed by atoms with van der Waals surface area (Å²) in [7, 11) is 0. The first-order chi connectivity index (χ1) is 4.60. The largest absolute Gasteiger partial charge is 0.312 e. The molecular formula is C9H21N. The fourth-order valence-electron chi connectivity index (χ4n) is 1.47. The maximum atomic E-state index is 3.45. The fraction of sp³-hybridized carbons (Fsp3) is 1.00. The number of hydrogen-bond donors (Lipinski definition) is 1. The van der Waals surface area contributed by atoms with Gasteiger partial charge in [0.05, 0.1) is 0 Å². The first kappa shape index (κ1) is 9.96. The zero-order valence-electron chi connectivity index (χ0n) is 7.99. The van der Waals surface area contributed by atoms with E-state index < -0.39 is 0 Å². The Morgan fingerprint density at radius 2 is 1.80 bits per heavy atom. The van der Waals surface area contributed by atoms with Gasteiger partial charge in [0.2, 0.25) is 0 Å². The summed E-state index contributed by atoms with van der Waals surface area (Å²) in [6.07, 6.45) is 1.33. The molecule has 1 N–H and O–H groups in total. The maximum Gasteiger partial charge on any atom is 0.0128 e. The van der Waals surface area contributed by atoms with Crippen LogP contribution in [-0.4, -0.2) is 12.1 Å². The minimum atomic E-state index is 0.416. The van der Waals surface area contributed by atoms with E-state index in [1.807, 2.05) is 13.8 Å². The average Bonchev–Trinajstić information content (AvgIpc) is 2.15. The molecule has 1 saturated heterocycles. The summed E-state index contributed by atoms with van der Waals surface area (Å²) in [4.78, 5) is 0. The molecule has 0 amide bonds. The normalized spacial score (nSPS) is 29.1. The summed E-state index contributed by atoms with van der Waals surface area (Å²) in [5.74, 6) is 0.880. The van der Waals surface area contributed by atoms with E-state index in [0.717, 1.165) is 5.92 Å². The highest BCUT2D eigenvalue weighted by Gasteiger charge is 2.26. The molecule has 0 aliphatic carbocycles. The van der Waals surface area contributed by atoms with Crippen molar-refractivity contribution in [1.29, 1.82) is 0 Å². The van der Waals surface area contributed by atoms with Crippen molar-refractivity contribution in [3.63, 3.8) is 0 Å². The van der Waals surface area contributed by atoms with Crippen molar-refractivity contribution in [3.05, 3.63) is 0 Å². The van der Waals surface area contributed by atoms with Crippen LogP contribution in [0.1, 0.15) is 41.0 Å². The van der Waals surface area contributed by atoms with Crippen molar-refractivity contribution in [2.24, 2.45) is 5.92 Å². The standard InChI is InChI=1S/C7H15N.C2H6/c1-6-4-7(2,3)8-5-6;1-2/h6,8H,4-5H2,1-3H3;1-2H3. The van der Waals surface area contributed by atoms with Gasteiger partial charge in [-0.1, -0.05) is 20.8 Å². The zero-order chi connectivity index (χ0) is 8.20. The van der Waals surface area contributed by atoms with Gasteiger partial charge in [0.25, 0.3) is 0 Å². The van der Waals surface area contributed by atoms with E-state index >= 15 is 0 Å². The van der Waals surface area contributed by atoms with Crippen molar-refractivity contribution >= 4 is 0 Å². The van der Waals surface area contributed by atoms with E-state index in [4.69, 9.17) is 0 Å². The highest BCUT2D eigenvalue weighted by Crippen LogP contribution is 2.21. The minimum Gasteiger partial charge on any atom is -0.312 e. The van der Waals surface area contributed by atoms with Gasteiger partial charge in [-0.25, -0.2) is 0 Å². The highest BCUT2D eigenvalue weighted by atomic mass is 15.0. The third-order valence-electron chi connectivity index (χ3n) is 1.79. The van der Waals surface area contributed by atoms with Crippen molar-refractivity contribution in [2.75, 3.05) is 6.54 Å². The van der Waals surface area contributed by atoms with Gasteiger partial charge in [0.1, 0.15) is 0 Å². The number of hydrogen-bond acceptors (Lipinski definition) is 1. The Kier molecular flexibility index (Phi) is 3.95. The molecule has 1 rings (SSSR count). The van der Waals surface area contributed by atoms with E-state index in [2.05, 4.69) is 26.1 Å². The fourth-order valence-corrected chi connectivity index (χ4v) is 1.47. The SMILES string of the molecule is CC.CC1CNC(C)(C)C1. The van der Waals surface area contributed by atoms with Crippen LogP contribution in [0.3, 0.4) is 0 Å². The van der Waals surface area contributed by atoms with Crippen molar-refractivity contribution < 1.29 is 0 Å². The Balaban J connectivity index is 0.000000371. The third-order valence-corrected chi connectivity index (χ3v) is 1.79. The molecule has 1 heteroatoms. The van der Waals surface area contributed by atoms with Crippen molar-refractivity contribution in [3.8, 4) is 0 Å². The molecule has 1 atom stereocenters. The van der Waals surface area contributed by atoms with Gasteiger partial charge in [-0.05, 0) is 32.7 Å². The van der Waals surface area contributed by atoms with Crippen LogP contribution in [0.4, 0.5) is 0 Å². The molecule has 0 aromatic carbocycles. The molecule has 0 bridgehead atoms. The molecule has 0 spiro atoms. The Hall–Kier alpha value is -0.0400. The molecule has 1 nitrogen and oxygen atoms in total. The van der Waals surface area contributed by atoms with Crippen LogP contribution in [0.5, 0.6) is 0 Å². The average molecular weight is 143 g/mol. The summed E-state index contributed by atoms with van der Waals surface area (Å²) in [5, 5.41) is 3.45. The van der Waals surface area contributed by atoms with Crippen LogP contribution < -0.4 is 5.32 Å². The van der Waals surface area contributed by atoms with Crippen molar-refractivity contribution in [1.82, 2.24) is 5.32 Å². The molecule has 0 aromatic rings. The number of rotatable bonds is 0. The first-order valence-electron chi connectivity index (χ1n) is 4.35. The quantitative estimate of drug-likeness (QED) is 0.549. The molecule has 0 aromatic heterocycles. The summed E-state index contributed by atoms with van der Waals surface area (Å²) in [6, 6.07) is 0. The van der Waals surface area contributed by atoms with Crippen molar-refractivity contribution in [2.45, 2.75) is 46.6 Å². The second-order valence-corrected chi connectivity index (χ2v) is 3.57. The molecule has 10 heavy (non-hydrogen) atoms. The van der Waals surface area contributed by atoms with Gasteiger partial charge in [0, 0.05) is 5.54 Å². The Morgan fingerprint density at radius 1 is 1.30 bits per heavy atom. The van der Waals surface area contributed by atoms with Crippen LogP contribution in [0.25, 0.3) is 0 Å². The monoisotopic (exact) mass is 143 g/mol. The maximum absolute atomic E-state index is 3.45. The summed E-state index contributed by atoms with van der Waals surface area (Å²) < 4.78 is 0. The van der Waals surface area contributed by atoms with Gasteiger partial charge in [0.15, 0.2) is 0 Å².